The predicted octanol–water partition coefficient (Wildman–Crippen LogP) is 5.28. The minimum atomic E-state index is -4.90. The van der Waals surface area contributed by atoms with E-state index in [-0.39, 0.29) is 16.3 Å². The van der Waals surface area contributed by atoms with Gasteiger partial charge in [-0.25, -0.2) is 13.4 Å². The van der Waals surface area contributed by atoms with Crippen LogP contribution < -0.4 is 10.3 Å². The monoisotopic (exact) mass is 531 g/mol. The van der Waals surface area contributed by atoms with E-state index in [9.17, 15) is 26.4 Å². The van der Waals surface area contributed by atoms with Crippen molar-refractivity contribution in [3.05, 3.63) is 94.0 Å². The summed E-state index contributed by atoms with van der Waals surface area (Å²) in [4.78, 5) is 18.1. The normalized spacial score (nSPS) is 13.2. The molecule has 1 atom stereocenters. The van der Waals surface area contributed by atoms with E-state index in [1.807, 2.05) is 26.0 Å². The van der Waals surface area contributed by atoms with E-state index in [1.54, 1.807) is 37.3 Å². The molecule has 0 saturated heterocycles. The zero-order valence-electron chi connectivity index (χ0n) is 20.4. The highest BCUT2D eigenvalue weighted by molar-refractivity contribution is 7.89. The molecule has 11 heteroatoms. The van der Waals surface area contributed by atoms with Gasteiger partial charge in [0.05, 0.1) is 27.5 Å². The molecule has 1 aromatic heterocycles. The maximum Gasteiger partial charge on any atom is 0.573 e. The first-order valence-corrected chi connectivity index (χ1v) is 12.7. The van der Waals surface area contributed by atoms with Crippen LogP contribution in [0, 0.1) is 13.8 Å². The van der Waals surface area contributed by atoms with E-state index in [1.165, 1.54) is 11.6 Å². The van der Waals surface area contributed by atoms with Crippen molar-refractivity contribution in [1.29, 1.82) is 0 Å². The van der Waals surface area contributed by atoms with Crippen LogP contribution in [0.4, 0.5) is 13.2 Å². The van der Waals surface area contributed by atoms with Gasteiger partial charge in [-0.2, -0.15) is 4.31 Å². The van der Waals surface area contributed by atoms with Crippen LogP contribution in [0.25, 0.3) is 16.6 Å². The molecular formula is C26H24F3N3O4S. The number of hydrogen-bond donors (Lipinski definition) is 0. The fraction of sp³-hybridized carbons (Fsp3) is 0.231. The smallest absolute Gasteiger partial charge is 0.406 e. The first-order valence-electron chi connectivity index (χ1n) is 11.2. The topological polar surface area (TPSA) is 81.5 Å². The van der Waals surface area contributed by atoms with Gasteiger partial charge in [0.25, 0.3) is 5.56 Å². The number of fused-ring (bicyclic) bond motifs is 1. The molecule has 1 unspecified atom stereocenters. The second-order valence-corrected chi connectivity index (χ2v) is 10.6. The molecule has 0 N–H and O–H groups in total. The van der Waals surface area contributed by atoms with Crippen molar-refractivity contribution in [2.75, 3.05) is 7.05 Å². The number of sulfonamides is 1. The van der Waals surface area contributed by atoms with Crippen LogP contribution in [0.5, 0.6) is 5.75 Å². The molecule has 194 valence electrons. The van der Waals surface area contributed by atoms with Crippen molar-refractivity contribution in [2.24, 2.45) is 0 Å². The van der Waals surface area contributed by atoms with Gasteiger partial charge in [-0.3, -0.25) is 9.36 Å². The quantitative estimate of drug-likeness (QED) is 0.338. The van der Waals surface area contributed by atoms with Crippen LogP contribution in [0.1, 0.15) is 29.9 Å². The number of aromatic nitrogens is 2. The van der Waals surface area contributed by atoms with Crippen LogP contribution in [-0.2, 0) is 10.0 Å². The average molecular weight is 532 g/mol. The fourth-order valence-electron chi connectivity index (χ4n) is 4.07. The summed E-state index contributed by atoms with van der Waals surface area (Å²) in [6, 6.07) is 15.3. The molecule has 0 aliphatic carbocycles. The first-order chi connectivity index (χ1) is 17.3. The Labute approximate surface area is 211 Å². The number of aryl methyl sites for hydroxylation is 2. The van der Waals surface area contributed by atoms with Crippen molar-refractivity contribution in [3.63, 3.8) is 0 Å². The van der Waals surface area contributed by atoms with Gasteiger partial charge >= 0.3 is 6.36 Å². The Morgan fingerprint density at radius 1 is 1.00 bits per heavy atom. The van der Waals surface area contributed by atoms with Gasteiger partial charge in [-0.1, -0.05) is 29.8 Å². The second-order valence-electron chi connectivity index (χ2n) is 8.63. The molecule has 0 fully saturated rings. The number of halogens is 3. The van der Waals surface area contributed by atoms with Crippen LogP contribution in [0.3, 0.4) is 0 Å². The third kappa shape index (κ3) is 5.23. The number of hydrogen-bond acceptors (Lipinski definition) is 5. The Balaban J connectivity index is 1.82. The fourth-order valence-corrected chi connectivity index (χ4v) is 5.39. The van der Waals surface area contributed by atoms with Crippen molar-refractivity contribution in [1.82, 2.24) is 13.9 Å². The number of nitrogens with zero attached hydrogens (tertiary/aromatic N) is 3. The minimum absolute atomic E-state index is 0.193. The highest BCUT2D eigenvalue weighted by Crippen LogP contribution is 2.29. The first kappa shape index (κ1) is 26.4. The summed E-state index contributed by atoms with van der Waals surface area (Å²) in [7, 11) is -2.86. The van der Waals surface area contributed by atoms with Crippen molar-refractivity contribution in [2.45, 2.75) is 38.1 Å². The second kappa shape index (κ2) is 9.64. The van der Waals surface area contributed by atoms with Gasteiger partial charge in [-0.05, 0) is 68.8 Å². The summed E-state index contributed by atoms with van der Waals surface area (Å²) < 4.78 is 70.5. The molecule has 0 aliphatic rings. The van der Waals surface area contributed by atoms with Gasteiger partial charge < -0.3 is 4.74 Å². The highest BCUT2D eigenvalue weighted by Gasteiger charge is 2.33. The van der Waals surface area contributed by atoms with Crippen molar-refractivity contribution >= 4 is 20.9 Å². The average Bonchev–Trinajstić information content (AvgIpc) is 2.83. The van der Waals surface area contributed by atoms with Gasteiger partial charge in [0, 0.05) is 7.05 Å². The Morgan fingerprint density at radius 2 is 1.65 bits per heavy atom. The third-order valence-electron chi connectivity index (χ3n) is 6.05. The van der Waals surface area contributed by atoms with Gasteiger partial charge in [-0.15, -0.1) is 13.2 Å². The Bertz CT molecular complexity index is 1630. The lowest BCUT2D eigenvalue weighted by Crippen LogP contribution is -2.35. The van der Waals surface area contributed by atoms with Crippen LogP contribution in [-0.4, -0.2) is 35.7 Å². The minimum Gasteiger partial charge on any atom is -0.406 e. The number of ether oxygens (including phenoxy) is 1. The van der Waals surface area contributed by atoms with Crippen molar-refractivity contribution < 1.29 is 26.3 Å². The molecule has 4 rings (SSSR count). The van der Waals surface area contributed by atoms with E-state index in [0.29, 0.717) is 16.6 Å². The Kier molecular flexibility index (Phi) is 6.87. The van der Waals surface area contributed by atoms with E-state index in [2.05, 4.69) is 9.72 Å². The summed E-state index contributed by atoms with van der Waals surface area (Å²) >= 11 is 0. The lowest BCUT2D eigenvalue weighted by molar-refractivity contribution is -0.274. The van der Waals surface area contributed by atoms with E-state index >= 15 is 0 Å². The molecule has 37 heavy (non-hydrogen) atoms. The highest BCUT2D eigenvalue weighted by atomic mass is 32.2. The van der Waals surface area contributed by atoms with Gasteiger partial charge in [0.2, 0.25) is 10.0 Å². The molecule has 0 aliphatic heterocycles. The SMILES string of the molecule is Cc1ccc(-n2c(C(C)N(C)S(=O)(=O)c3ccc(OC(F)(F)F)cc3)nc3ccccc3c2=O)c(C)c1. The maximum atomic E-state index is 13.6. The molecular weight excluding hydrogens is 507 g/mol. The van der Waals surface area contributed by atoms with Crippen LogP contribution in [0.2, 0.25) is 0 Å². The zero-order valence-corrected chi connectivity index (χ0v) is 21.3. The third-order valence-corrected chi connectivity index (χ3v) is 7.99. The van der Waals surface area contributed by atoms with E-state index < -0.39 is 28.2 Å². The molecule has 7 nitrogen and oxygen atoms in total. The summed E-state index contributed by atoms with van der Waals surface area (Å²) in [6.07, 6.45) is -4.90. The van der Waals surface area contributed by atoms with Crippen LogP contribution in [0.15, 0.2) is 76.4 Å². The molecule has 0 bridgehead atoms. The lowest BCUT2D eigenvalue weighted by Gasteiger charge is -2.27. The number of alkyl halides is 3. The van der Waals surface area contributed by atoms with Gasteiger partial charge in [0.1, 0.15) is 11.6 Å². The molecule has 1 heterocycles. The lowest BCUT2D eigenvalue weighted by atomic mass is 10.1. The molecule has 0 saturated carbocycles. The summed E-state index contributed by atoms with van der Waals surface area (Å²) in [5, 5.41) is 0.379. The predicted molar refractivity (Wildman–Crippen MR) is 133 cm³/mol. The standard InChI is InChI=1S/C26H24F3N3O4S/c1-16-9-14-23(17(2)15-16)32-24(30-22-8-6-5-7-21(22)25(32)33)18(3)31(4)37(34,35)20-12-10-19(11-13-20)36-26(27,28)29/h5-15,18H,1-4H3. The zero-order chi connectivity index (χ0) is 27.1. The Morgan fingerprint density at radius 3 is 2.27 bits per heavy atom. The Hall–Kier alpha value is -3.70. The summed E-state index contributed by atoms with van der Waals surface area (Å²) in [6.45, 7) is 5.37. The summed E-state index contributed by atoms with van der Waals surface area (Å²) in [5.41, 5.74) is 2.43. The van der Waals surface area contributed by atoms with Gasteiger partial charge in [0.15, 0.2) is 0 Å². The molecule has 0 amide bonds. The molecule has 0 radical (unpaired) electrons. The van der Waals surface area contributed by atoms with E-state index in [4.69, 9.17) is 0 Å². The van der Waals surface area contributed by atoms with E-state index in [0.717, 1.165) is 39.7 Å². The summed E-state index contributed by atoms with van der Waals surface area (Å²) in [5.74, 6) is -0.346. The number of benzene rings is 3. The van der Waals surface area contributed by atoms with Crippen LogP contribution >= 0.6 is 0 Å². The number of rotatable bonds is 6. The largest absolute Gasteiger partial charge is 0.573 e. The molecule has 0 spiro atoms. The molecule has 3 aromatic carbocycles. The number of para-hydroxylation sites is 1. The molecule has 4 aromatic rings. The van der Waals surface area contributed by atoms with Crippen molar-refractivity contribution in [3.8, 4) is 11.4 Å². The maximum absolute atomic E-state index is 13.6.